The van der Waals surface area contributed by atoms with Crippen LogP contribution in [0.25, 0.3) is 5.82 Å². The second-order valence-electron chi connectivity index (χ2n) is 5.46. The summed E-state index contributed by atoms with van der Waals surface area (Å²) in [6.45, 7) is 2.02. The van der Waals surface area contributed by atoms with Crippen molar-refractivity contribution in [2.24, 2.45) is 5.92 Å². The van der Waals surface area contributed by atoms with Gasteiger partial charge < -0.3 is 9.64 Å². The van der Waals surface area contributed by atoms with E-state index in [0.29, 0.717) is 25.5 Å². The number of hydrogen-bond acceptors (Lipinski definition) is 5. The quantitative estimate of drug-likeness (QED) is 0.785. The highest BCUT2D eigenvalue weighted by atomic mass is 16.5. The summed E-state index contributed by atoms with van der Waals surface area (Å²) < 4.78 is 6.84. The number of aromatic nitrogens is 4. The molecule has 1 atom stereocenters. The van der Waals surface area contributed by atoms with Crippen LogP contribution in [0.5, 0.6) is 0 Å². The second kappa shape index (κ2) is 6.65. The summed E-state index contributed by atoms with van der Waals surface area (Å²) in [5, 5.41) is 8.46. The van der Waals surface area contributed by atoms with Gasteiger partial charge in [-0.05, 0) is 24.5 Å². The van der Waals surface area contributed by atoms with Gasteiger partial charge in [0, 0.05) is 39.0 Å². The standard InChI is InChI=1S/C15H19N5O2/c1-22-7-6-19-10-12(9-15(19)21)8-13-2-3-14(18-17-13)20-5-4-16-11-20/h2-5,11-12H,6-10H2,1H3/t12-/m0/s1. The predicted octanol–water partition coefficient (Wildman–Crippen LogP) is 0.700. The van der Waals surface area contributed by atoms with Crippen molar-refractivity contribution in [1.82, 2.24) is 24.6 Å². The molecular weight excluding hydrogens is 282 g/mol. The van der Waals surface area contributed by atoms with E-state index in [1.165, 1.54) is 0 Å². The number of rotatable bonds is 6. The lowest BCUT2D eigenvalue weighted by molar-refractivity contribution is -0.128. The monoisotopic (exact) mass is 301 g/mol. The van der Waals surface area contributed by atoms with Crippen LogP contribution in [0.2, 0.25) is 0 Å². The third-order valence-corrected chi connectivity index (χ3v) is 3.83. The van der Waals surface area contributed by atoms with Gasteiger partial charge in [0.05, 0.1) is 12.3 Å². The van der Waals surface area contributed by atoms with Crippen LogP contribution >= 0.6 is 0 Å². The van der Waals surface area contributed by atoms with E-state index in [4.69, 9.17) is 4.74 Å². The molecule has 0 aliphatic carbocycles. The molecule has 3 rings (SSSR count). The molecule has 0 bridgehead atoms. The van der Waals surface area contributed by atoms with E-state index in [2.05, 4.69) is 15.2 Å². The van der Waals surface area contributed by atoms with Gasteiger partial charge in [-0.15, -0.1) is 5.10 Å². The highest BCUT2D eigenvalue weighted by Crippen LogP contribution is 2.21. The average molecular weight is 301 g/mol. The van der Waals surface area contributed by atoms with Crippen LogP contribution in [0, 0.1) is 5.92 Å². The zero-order valence-corrected chi connectivity index (χ0v) is 12.6. The Hall–Kier alpha value is -2.28. The van der Waals surface area contributed by atoms with Gasteiger partial charge >= 0.3 is 0 Å². The summed E-state index contributed by atoms with van der Waals surface area (Å²) in [5.41, 5.74) is 0.912. The number of carbonyl (C=O) groups excluding carboxylic acids is 1. The topological polar surface area (TPSA) is 73.1 Å². The molecule has 1 fully saturated rings. The van der Waals surface area contributed by atoms with Gasteiger partial charge in [-0.3, -0.25) is 9.36 Å². The number of likely N-dealkylation sites (tertiary alicyclic amines) is 1. The van der Waals surface area contributed by atoms with E-state index >= 15 is 0 Å². The summed E-state index contributed by atoms with van der Waals surface area (Å²) in [5.74, 6) is 1.24. The maximum atomic E-state index is 11.9. The molecule has 7 nitrogen and oxygen atoms in total. The van der Waals surface area contributed by atoms with Crippen molar-refractivity contribution >= 4 is 5.91 Å². The first-order valence-corrected chi connectivity index (χ1v) is 7.34. The number of hydrogen-bond donors (Lipinski definition) is 0. The molecular formula is C15H19N5O2. The van der Waals surface area contributed by atoms with Crippen molar-refractivity contribution in [3.05, 3.63) is 36.5 Å². The van der Waals surface area contributed by atoms with Crippen molar-refractivity contribution in [2.45, 2.75) is 12.8 Å². The van der Waals surface area contributed by atoms with Gasteiger partial charge in [-0.2, -0.15) is 5.10 Å². The Balaban J connectivity index is 1.58. The molecule has 0 saturated carbocycles. The van der Waals surface area contributed by atoms with Gasteiger partial charge in [0.15, 0.2) is 5.82 Å². The fraction of sp³-hybridized carbons (Fsp3) is 0.467. The molecule has 1 aliphatic heterocycles. The van der Waals surface area contributed by atoms with E-state index in [9.17, 15) is 4.79 Å². The van der Waals surface area contributed by atoms with Crippen molar-refractivity contribution in [2.75, 3.05) is 26.8 Å². The first-order valence-electron chi connectivity index (χ1n) is 7.34. The number of nitrogens with zero attached hydrogens (tertiary/aromatic N) is 5. The molecule has 3 heterocycles. The summed E-state index contributed by atoms with van der Waals surface area (Å²) in [6.07, 6.45) is 6.56. The van der Waals surface area contributed by atoms with Gasteiger partial charge in [0.1, 0.15) is 6.33 Å². The van der Waals surface area contributed by atoms with E-state index in [0.717, 1.165) is 24.5 Å². The Labute approximate surface area is 128 Å². The molecule has 1 amide bonds. The molecule has 1 saturated heterocycles. The first-order chi connectivity index (χ1) is 10.8. The number of imidazole rings is 1. The first kappa shape index (κ1) is 14.6. The fourth-order valence-electron chi connectivity index (χ4n) is 2.70. The highest BCUT2D eigenvalue weighted by molar-refractivity contribution is 5.78. The van der Waals surface area contributed by atoms with Crippen molar-refractivity contribution in [3.63, 3.8) is 0 Å². The average Bonchev–Trinajstić information content (AvgIpc) is 3.16. The molecule has 1 aliphatic rings. The van der Waals surface area contributed by atoms with E-state index in [1.807, 2.05) is 27.8 Å². The molecule has 0 aromatic carbocycles. The normalized spacial score (nSPS) is 18.1. The van der Waals surface area contributed by atoms with E-state index in [-0.39, 0.29) is 5.91 Å². The molecule has 22 heavy (non-hydrogen) atoms. The minimum absolute atomic E-state index is 0.199. The largest absolute Gasteiger partial charge is 0.383 e. The molecule has 0 spiro atoms. The van der Waals surface area contributed by atoms with Crippen LogP contribution < -0.4 is 0 Å². The zero-order valence-electron chi connectivity index (χ0n) is 12.6. The number of amides is 1. The Morgan fingerprint density at radius 2 is 2.27 bits per heavy atom. The maximum absolute atomic E-state index is 11.9. The summed E-state index contributed by atoms with van der Waals surface area (Å²) >= 11 is 0. The van der Waals surface area contributed by atoms with Crippen molar-refractivity contribution in [1.29, 1.82) is 0 Å². The van der Waals surface area contributed by atoms with Gasteiger partial charge in [0.25, 0.3) is 0 Å². The summed E-state index contributed by atoms with van der Waals surface area (Å²) in [6, 6.07) is 3.88. The molecule has 7 heteroatoms. The minimum atomic E-state index is 0.199. The maximum Gasteiger partial charge on any atom is 0.223 e. The SMILES string of the molecule is COCCN1C[C@@H](Cc2ccc(-n3ccnc3)nn2)CC1=O. The number of carbonyl (C=O) groups is 1. The van der Waals surface area contributed by atoms with Gasteiger partial charge in [-0.25, -0.2) is 4.98 Å². The number of methoxy groups -OCH3 is 1. The van der Waals surface area contributed by atoms with Crippen molar-refractivity contribution < 1.29 is 9.53 Å². The second-order valence-corrected chi connectivity index (χ2v) is 5.46. The number of ether oxygens (including phenoxy) is 1. The van der Waals surface area contributed by atoms with E-state index in [1.54, 1.807) is 19.6 Å². The van der Waals surface area contributed by atoms with Crippen LogP contribution in [0.1, 0.15) is 12.1 Å². The third kappa shape index (κ3) is 3.30. The fourth-order valence-corrected chi connectivity index (χ4v) is 2.70. The zero-order chi connectivity index (χ0) is 15.4. The van der Waals surface area contributed by atoms with Crippen LogP contribution in [-0.2, 0) is 16.0 Å². The molecule has 0 radical (unpaired) electrons. The molecule has 0 N–H and O–H groups in total. The molecule has 0 unspecified atom stereocenters. The predicted molar refractivity (Wildman–Crippen MR) is 79.4 cm³/mol. The lowest BCUT2D eigenvalue weighted by Gasteiger charge is -2.15. The summed E-state index contributed by atoms with van der Waals surface area (Å²) in [4.78, 5) is 17.8. The van der Waals surface area contributed by atoms with E-state index < -0.39 is 0 Å². The van der Waals surface area contributed by atoms with Gasteiger partial charge in [0.2, 0.25) is 5.91 Å². The van der Waals surface area contributed by atoms with Crippen LogP contribution in [0.4, 0.5) is 0 Å². The third-order valence-electron chi connectivity index (χ3n) is 3.83. The molecule has 2 aromatic heterocycles. The lowest BCUT2D eigenvalue weighted by atomic mass is 10.0. The lowest BCUT2D eigenvalue weighted by Crippen LogP contribution is -2.29. The van der Waals surface area contributed by atoms with Crippen molar-refractivity contribution in [3.8, 4) is 5.82 Å². The molecule has 116 valence electrons. The Kier molecular flexibility index (Phi) is 4.43. The highest BCUT2D eigenvalue weighted by Gasteiger charge is 2.29. The van der Waals surface area contributed by atoms with Crippen LogP contribution in [0.15, 0.2) is 30.9 Å². The van der Waals surface area contributed by atoms with Crippen LogP contribution in [-0.4, -0.2) is 57.4 Å². The molecule has 2 aromatic rings. The smallest absolute Gasteiger partial charge is 0.223 e. The Morgan fingerprint density at radius 1 is 1.36 bits per heavy atom. The van der Waals surface area contributed by atoms with Crippen LogP contribution in [0.3, 0.4) is 0 Å². The van der Waals surface area contributed by atoms with Gasteiger partial charge in [-0.1, -0.05) is 0 Å². The minimum Gasteiger partial charge on any atom is -0.383 e. The Bertz CT molecular complexity index is 611. The summed E-state index contributed by atoms with van der Waals surface area (Å²) in [7, 11) is 1.65. The Morgan fingerprint density at radius 3 is 2.95 bits per heavy atom.